The van der Waals surface area contributed by atoms with E-state index >= 15 is 0 Å². The van der Waals surface area contributed by atoms with Gasteiger partial charge in [-0.05, 0) is 18.2 Å². The minimum Gasteiger partial charge on any atom is -0.396 e. The van der Waals surface area contributed by atoms with E-state index in [1.165, 1.54) is 17.9 Å². The van der Waals surface area contributed by atoms with Crippen molar-refractivity contribution in [3.63, 3.8) is 0 Å². The second-order valence-corrected chi connectivity index (χ2v) is 5.09. The summed E-state index contributed by atoms with van der Waals surface area (Å²) in [6, 6.07) is 2.60. The van der Waals surface area contributed by atoms with Crippen molar-refractivity contribution in [2.24, 2.45) is 5.92 Å². The van der Waals surface area contributed by atoms with Gasteiger partial charge < -0.3 is 15.3 Å². The Kier molecular flexibility index (Phi) is 4.52. The zero-order valence-corrected chi connectivity index (χ0v) is 11.5. The second kappa shape index (κ2) is 6.17. The Hall–Kier alpha value is -2.02. The lowest BCUT2D eigenvalue weighted by molar-refractivity contribution is -0.119. The van der Waals surface area contributed by atoms with Gasteiger partial charge in [-0.15, -0.1) is 0 Å². The first-order chi connectivity index (χ1) is 9.92. The van der Waals surface area contributed by atoms with Gasteiger partial charge in [0.25, 0.3) is 5.91 Å². The van der Waals surface area contributed by atoms with E-state index in [2.05, 4.69) is 5.32 Å². The molecule has 1 fully saturated rings. The van der Waals surface area contributed by atoms with E-state index in [4.69, 9.17) is 0 Å². The predicted molar refractivity (Wildman–Crippen MR) is 70.4 cm³/mol. The molecule has 2 rings (SSSR count). The molecule has 114 valence electrons. The molecule has 1 saturated heterocycles. The Morgan fingerprint density at radius 3 is 2.62 bits per heavy atom. The Balaban J connectivity index is 2.13. The van der Waals surface area contributed by atoms with Crippen LogP contribution in [-0.2, 0) is 4.79 Å². The molecular weight excluding hydrogens is 282 g/mol. The molecule has 0 aromatic heterocycles. The number of benzene rings is 1. The Bertz CT molecular complexity index is 565. The fourth-order valence-corrected chi connectivity index (χ4v) is 2.46. The third-order valence-electron chi connectivity index (χ3n) is 3.52. The Morgan fingerprint density at radius 2 is 2.05 bits per heavy atom. The van der Waals surface area contributed by atoms with Crippen molar-refractivity contribution in [2.45, 2.75) is 13.0 Å². The van der Waals surface area contributed by atoms with E-state index in [0.29, 0.717) is 0 Å². The molecule has 0 bridgehead atoms. The van der Waals surface area contributed by atoms with Crippen molar-refractivity contribution >= 4 is 11.8 Å². The highest BCUT2D eigenvalue weighted by molar-refractivity contribution is 5.94. The number of hydrogen-bond acceptors (Lipinski definition) is 3. The molecule has 2 atom stereocenters. The highest BCUT2D eigenvalue weighted by atomic mass is 19.2. The van der Waals surface area contributed by atoms with Gasteiger partial charge >= 0.3 is 0 Å². The van der Waals surface area contributed by atoms with Crippen molar-refractivity contribution in [1.82, 2.24) is 10.2 Å². The lowest BCUT2D eigenvalue weighted by atomic mass is 10.1. The largest absolute Gasteiger partial charge is 0.396 e. The van der Waals surface area contributed by atoms with Gasteiger partial charge in [-0.1, -0.05) is 0 Å². The number of carbonyl (C=O) groups is 2. The Morgan fingerprint density at radius 1 is 1.33 bits per heavy atom. The van der Waals surface area contributed by atoms with Crippen molar-refractivity contribution in [3.05, 3.63) is 35.4 Å². The number of nitrogens with one attached hydrogen (secondary N) is 1. The summed E-state index contributed by atoms with van der Waals surface area (Å²) in [6.07, 6.45) is 0. The van der Waals surface area contributed by atoms with E-state index < -0.39 is 17.5 Å². The molecule has 1 aliphatic heterocycles. The third-order valence-corrected chi connectivity index (χ3v) is 3.52. The monoisotopic (exact) mass is 298 g/mol. The maximum Gasteiger partial charge on any atom is 0.254 e. The number of rotatable bonds is 3. The molecule has 1 aliphatic rings. The minimum atomic E-state index is -1.09. The molecule has 1 aromatic rings. The number of aliphatic hydroxyl groups is 1. The van der Waals surface area contributed by atoms with Crippen LogP contribution in [0.2, 0.25) is 0 Å². The Labute approximate surface area is 120 Å². The highest BCUT2D eigenvalue weighted by Crippen LogP contribution is 2.20. The van der Waals surface area contributed by atoms with Crippen molar-refractivity contribution in [2.75, 3.05) is 19.7 Å². The van der Waals surface area contributed by atoms with Crippen molar-refractivity contribution in [3.8, 4) is 0 Å². The van der Waals surface area contributed by atoms with Crippen LogP contribution in [0.4, 0.5) is 8.78 Å². The average Bonchev–Trinajstić information content (AvgIpc) is 2.83. The number of amides is 2. The molecule has 1 aromatic carbocycles. The summed E-state index contributed by atoms with van der Waals surface area (Å²) < 4.78 is 26.1. The van der Waals surface area contributed by atoms with Crippen LogP contribution in [0, 0.1) is 17.6 Å². The van der Waals surface area contributed by atoms with Crippen LogP contribution in [-0.4, -0.2) is 47.6 Å². The third kappa shape index (κ3) is 3.36. The standard InChI is InChI=1S/C14H16F2N2O3/c1-8(20)17-13-6-18(5-10(13)7-19)14(21)9-2-3-11(15)12(16)4-9/h2-4,10,13,19H,5-7H2,1H3,(H,17,20). The summed E-state index contributed by atoms with van der Waals surface area (Å²) in [5.41, 5.74) is 0.0362. The van der Waals surface area contributed by atoms with E-state index in [9.17, 15) is 23.5 Å². The number of halogens is 2. The maximum absolute atomic E-state index is 13.2. The fourth-order valence-electron chi connectivity index (χ4n) is 2.46. The predicted octanol–water partition coefficient (Wildman–Crippen LogP) is 0.534. The van der Waals surface area contributed by atoms with E-state index in [0.717, 1.165) is 12.1 Å². The molecule has 0 saturated carbocycles. The van der Waals surface area contributed by atoms with Crippen LogP contribution in [0.15, 0.2) is 18.2 Å². The summed E-state index contributed by atoms with van der Waals surface area (Å²) in [7, 11) is 0. The van der Waals surface area contributed by atoms with Gasteiger partial charge in [-0.25, -0.2) is 8.78 Å². The van der Waals surface area contributed by atoms with E-state index in [-0.39, 0.29) is 43.1 Å². The molecule has 2 amide bonds. The molecule has 7 heteroatoms. The number of aliphatic hydroxyl groups excluding tert-OH is 1. The number of carbonyl (C=O) groups excluding carboxylic acids is 2. The summed E-state index contributed by atoms with van der Waals surface area (Å²) in [5, 5.41) is 12.0. The summed E-state index contributed by atoms with van der Waals surface area (Å²) in [4.78, 5) is 24.8. The molecule has 21 heavy (non-hydrogen) atoms. The first-order valence-electron chi connectivity index (χ1n) is 6.54. The highest BCUT2D eigenvalue weighted by Gasteiger charge is 2.35. The summed E-state index contributed by atoms with van der Waals surface area (Å²) >= 11 is 0. The van der Waals surface area contributed by atoms with Crippen LogP contribution in [0.5, 0.6) is 0 Å². The van der Waals surface area contributed by atoms with Crippen LogP contribution in [0.3, 0.4) is 0 Å². The van der Waals surface area contributed by atoms with Crippen LogP contribution in [0.1, 0.15) is 17.3 Å². The minimum absolute atomic E-state index is 0.0362. The van der Waals surface area contributed by atoms with E-state index in [1.54, 1.807) is 0 Å². The summed E-state index contributed by atoms with van der Waals surface area (Å²) in [6.45, 7) is 1.66. The van der Waals surface area contributed by atoms with E-state index in [1.807, 2.05) is 0 Å². The zero-order chi connectivity index (χ0) is 15.6. The topological polar surface area (TPSA) is 69.6 Å². The van der Waals surface area contributed by atoms with Crippen molar-refractivity contribution in [1.29, 1.82) is 0 Å². The first-order valence-corrected chi connectivity index (χ1v) is 6.54. The normalized spacial score (nSPS) is 21.4. The van der Waals surface area contributed by atoms with Crippen LogP contribution < -0.4 is 5.32 Å². The number of hydrogen-bond donors (Lipinski definition) is 2. The lowest BCUT2D eigenvalue weighted by Crippen LogP contribution is -2.40. The molecule has 0 aliphatic carbocycles. The SMILES string of the molecule is CC(=O)NC1CN(C(=O)c2ccc(F)c(F)c2)CC1CO. The molecule has 5 nitrogen and oxygen atoms in total. The molecule has 1 heterocycles. The van der Waals surface area contributed by atoms with Gasteiger partial charge in [0.1, 0.15) is 0 Å². The zero-order valence-electron chi connectivity index (χ0n) is 11.5. The number of likely N-dealkylation sites (tertiary alicyclic amines) is 1. The molecular formula is C14H16F2N2O3. The quantitative estimate of drug-likeness (QED) is 0.855. The van der Waals surface area contributed by atoms with Gasteiger partial charge in [0.15, 0.2) is 11.6 Å². The molecule has 0 radical (unpaired) electrons. The molecule has 2 N–H and O–H groups in total. The smallest absolute Gasteiger partial charge is 0.254 e. The lowest BCUT2D eigenvalue weighted by Gasteiger charge is -2.17. The van der Waals surface area contributed by atoms with Crippen LogP contribution >= 0.6 is 0 Å². The average molecular weight is 298 g/mol. The van der Waals surface area contributed by atoms with Gasteiger partial charge in [0.05, 0.1) is 6.04 Å². The second-order valence-electron chi connectivity index (χ2n) is 5.09. The summed E-state index contributed by atoms with van der Waals surface area (Å²) in [5.74, 6) is -3.08. The van der Waals surface area contributed by atoms with Gasteiger partial charge in [-0.2, -0.15) is 0 Å². The maximum atomic E-state index is 13.2. The van der Waals surface area contributed by atoms with Crippen molar-refractivity contribution < 1.29 is 23.5 Å². The fraction of sp³-hybridized carbons (Fsp3) is 0.429. The van der Waals surface area contributed by atoms with Gasteiger partial charge in [-0.3, -0.25) is 9.59 Å². The van der Waals surface area contributed by atoms with Gasteiger partial charge in [0.2, 0.25) is 5.91 Å². The molecule has 0 spiro atoms. The molecule has 2 unspecified atom stereocenters. The number of nitrogens with zero attached hydrogens (tertiary/aromatic N) is 1. The van der Waals surface area contributed by atoms with Crippen LogP contribution in [0.25, 0.3) is 0 Å². The van der Waals surface area contributed by atoms with Gasteiger partial charge in [0, 0.05) is 38.1 Å². The first kappa shape index (κ1) is 15.4.